The Labute approximate surface area is 164 Å². The standard InChI is InChI=1S/C25H20O3/c1-18(2)25(27)28-23-15-13-21(14-16-23)20-11-8-19(9-12-20)10-17-24(26)22-6-4-3-5-7-22/h3-17H,1H2,2H3/b17-10+. The molecule has 3 nitrogen and oxygen atoms in total. The summed E-state index contributed by atoms with van der Waals surface area (Å²) in [5.41, 5.74) is 4.01. The molecule has 138 valence electrons. The largest absolute Gasteiger partial charge is 0.423 e. The number of esters is 1. The lowest BCUT2D eigenvalue weighted by Gasteiger charge is -2.06. The van der Waals surface area contributed by atoms with Gasteiger partial charge in [-0.1, -0.05) is 79.4 Å². The van der Waals surface area contributed by atoms with E-state index in [4.69, 9.17) is 4.74 Å². The number of hydrogen-bond acceptors (Lipinski definition) is 3. The molecule has 0 aliphatic carbocycles. The predicted molar refractivity (Wildman–Crippen MR) is 112 cm³/mol. The van der Waals surface area contributed by atoms with Gasteiger partial charge in [-0.05, 0) is 41.8 Å². The van der Waals surface area contributed by atoms with E-state index >= 15 is 0 Å². The molecule has 0 heterocycles. The fraction of sp³-hybridized carbons (Fsp3) is 0.0400. The van der Waals surface area contributed by atoms with Crippen LogP contribution in [0.5, 0.6) is 5.75 Å². The Hall–Kier alpha value is -3.72. The second kappa shape index (κ2) is 8.78. The van der Waals surface area contributed by atoms with Gasteiger partial charge in [0.1, 0.15) is 5.75 Å². The number of benzene rings is 3. The van der Waals surface area contributed by atoms with Crippen molar-refractivity contribution in [1.29, 1.82) is 0 Å². The lowest BCUT2D eigenvalue weighted by atomic mass is 10.0. The van der Waals surface area contributed by atoms with Crippen molar-refractivity contribution in [3.05, 3.63) is 108 Å². The van der Waals surface area contributed by atoms with Gasteiger partial charge in [0.15, 0.2) is 5.78 Å². The van der Waals surface area contributed by atoms with E-state index in [0.29, 0.717) is 16.9 Å². The summed E-state index contributed by atoms with van der Waals surface area (Å²) in [6.45, 7) is 5.18. The summed E-state index contributed by atoms with van der Waals surface area (Å²) in [5, 5.41) is 0. The van der Waals surface area contributed by atoms with E-state index in [1.54, 1.807) is 43.3 Å². The molecule has 3 heteroatoms. The van der Waals surface area contributed by atoms with Crippen molar-refractivity contribution in [2.75, 3.05) is 0 Å². The quantitative estimate of drug-likeness (QED) is 0.241. The lowest BCUT2D eigenvalue weighted by Crippen LogP contribution is -2.07. The number of carbonyl (C=O) groups excluding carboxylic acids is 2. The van der Waals surface area contributed by atoms with E-state index in [2.05, 4.69) is 6.58 Å². The van der Waals surface area contributed by atoms with Crippen LogP contribution in [-0.2, 0) is 4.79 Å². The second-order valence-corrected chi connectivity index (χ2v) is 6.38. The van der Waals surface area contributed by atoms with E-state index in [0.717, 1.165) is 16.7 Å². The van der Waals surface area contributed by atoms with Crippen LogP contribution < -0.4 is 4.74 Å². The van der Waals surface area contributed by atoms with Crippen LogP contribution in [0.15, 0.2) is 97.1 Å². The van der Waals surface area contributed by atoms with E-state index < -0.39 is 5.97 Å². The number of hydrogen-bond donors (Lipinski definition) is 0. The van der Waals surface area contributed by atoms with Gasteiger partial charge in [-0.3, -0.25) is 4.79 Å². The molecule has 0 fully saturated rings. The smallest absolute Gasteiger partial charge is 0.338 e. The summed E-state index contributed by atoms with van der Waals surface area (Å²) < 4.78 is 5.20. The zero-order chi connectivity index (χ0) is 19.9. The topological polar surface area (TPSA) is 43.4 Å². The Morgan fingerprint density at radius 1 is 0.821 bits per heavy atom. The molecule has 0 atom stereocenters. The van der Waals surface area contributed by atoms with Crippen molar-refractivity contribution in [3.8, 4) is 16.9 Å². The molecule has 3 rings (SSSR count). The maximum absolute atomic E-state index is 12.1. The van der Waals surface area contributed by atoms with Crippen molar-refractivity contribution < 1.29 is 14.3 Å². The normalized spacial score (nSPS) is 10.6. The van der Waals surface area contributed by atoms with E-state index in [9.17, 15) is 9.59 Å². The summed E-state index contributed by atoms with van der Waals surface area (Å²) in [6.07, 6.45) is 3.38. The molecule has 0 aliphatic heterocycles. The maximum Gasteiger partial charge on any atom is 0.338 e. The number of ether oxygens (including phenoxy) is 1. The van der Waals surface area contributed by atoms with E-state index in [1.807, 2.05) is 54.6 Å². The van der Waals surface area contributed by atoms with Crippen LogP contribution in [0.25, 0.3) is 17.2 Å². The van der Waals surface area contributed by atoms with Gasteiger partial charge >= 0.3 is 5.97 Å². The van der Waals surface area contributed by atoms with Crippen molar-refractivity contribution >= 4 is 17.8 Å². The molecule has 0 N–H and O–H groups in total. The van der Waals surface area contributed by atoms with Gasteiger partial charge in [-0.2, -0.15) is 0 Å². The second-order valence-electron chi connectivity index (χ2n) is 6.38. The van der Waals surface area contributed by atoms with Crippen molar-refractivity contribution in [1.82, 2.24) is 0 Å². The van der Waals surface area contributed by atoms with Crippen LogP contribution in [0.3, 0.4) is 0 Å². The van der Waals surface area contributed by atoms with Gasteiger partial charge in [-0.15, -0.1) is 0 Å². The highest BCUT2D eigenvalue weighted by Crippen LogP contribution is 2.23. The van der Waals surface area contributed by atoms with Crippen molar-refractivity contribution in [2.45, 2.75) is 6.92 Å². The Morgan fingerprint density at radius 2 is 1.39 bits per heavy atom. The molecule has 0 amide bonds. The predicted octanol–water partition coefficient (Wildman–Crippen LogP) is 5.73. The van der Waals surface area contributed by atoms with Gasteiger partial charge in [0.05, 0.1) is 0 Å². The van der Waals surface area contributed by atoms with Gasteiger partial charge in [0.25, 0.3) is 0 Å². The Kier molecular flexibility index (Phi) is 5.97. The third-order valence-electron chi connectivity index (χ3n) is 4.14. The summed E-state index contributed by atoms with van der Waals surface area (Å²) in [6, 6.07) is 24.4. The third kappa shape index (κ3) is 4.92. The first-order chi connectivity index (χ1) is 13.5. The van der Waals surface area contributed by atoms with E-state index in [1.165, 1.54) is 0 Å². The van der Waals surface area contributed by atoms with Crippen molar-refractivity contribution in [2.24, 2.45) is 0 Å². The molecule has 0 radical (unpaired) electrons. The summed E-state index contributed by atoms with van der Waals surface area (Å²) >= 11 is 0. The molecule has 0 unspecified atom stereocenters. The molecule has 0 bridgehead atoms. The highest BCUT2D eigenvalue weighted by molar-refractivity contribution is 6.06. The maximum atomic E-state index is 12.1. The van der Waals surface area contributed by atoms with E-state index in [-0.39, 0.29) is 5.78 Å². The number of ketones is 1. The Balaban J connectivity index is 1.67. The molecular weight excluding hydrogens is 348 g/mol. The highest BCUT2D eigenvalue weighted by Gasteiger charge is 2.06. The first-order valence-electron chi connectivity index (χ1n) is 8.88. The van der Waals surface area contributed by atoms with Crippen LogP contribution in [0.4, 0.5) is 0 Å². The molecule has 0 aromatic heterocycles. The third-order valence-corrected chi connectivity index (χ3v) is 4.14. The van der Waals surface area contributed by atoms with Gasteiger partial charge < -0.3 is 4.74 Å². The Bertz CT molecular complexity index is 1010. The molecule has 3 aromatic rings. The average Bonchev–Trinajstić information content (AvgIpc) is 2.73. The van der Waals surface area contributed by atoms with Crippen LogP contribution in [0.2, 0.25) is 0 Å². The van der Waals surface area contributed by atoms with Gasteiger partial charge in [0.2, 0.25) is 0 Å². The first kappa shape index (κ1) is 19.1. The van der Waals surface area contributed by atoms with Gasteiger partial charge in [0, 0.05) is 11.1 Å². The minimum Gasteiger partial charge on any atom is -0.423 e. The average molecular weight is 368 g/mol. The van der Waals surface area contributed by atoms with Crippen LogP contribution in [0, 0.1) is 0 Å². The molecular formula is C25H20O3. The minimum atomic E-state index is -0.436. The first-order valence-corrected chi connectivity index (χ1v) is 8.88. The number of rotatable bonds is 6. The zero-order valence-corrected chi connectivity index (χ0v) is 15.6. The molecule has 0 saturated carbocycles. The summed E-state index contributed by atoms with van der Waals surface area (Å²) in [5.74, 6) is 0.0224. The lowest BCUT2D eigenvalue weighted by molar-refractivity contribution is -0.130. The molecule has 0 spiro atoms. The van der Waals surface area contributed by atoms with Crippen LogP contribution in [0.1, 0.15) is 22.8 Å². The monoisotopic (exact) mass is 368 g/mol. The van der Waals surface area contributed by atoms with Crippen LogP contribution in [-0.4, -0.2) is 11.8 Å². The number of allylic oxidation sites excluding steroid dienone is 1. The molecule has 28 heavy (non-hydrogen) atoms. The van der Waals surface area contributed by atoms with Crippen LogP contribution >= 0.6 is 0 Å². The fourth-order valence-electron chi connectivity index (χ4n) is 2.57. The highest BCUT2D eigenvalue weighted by atomic mass is 16.5. The SMILES string of the molecule is C=C(C)C(=O)Oc1ccc(-c2ccc(/C=C/C(=O)c3ccccc3)cc2)cc1. The van der Waals surface area contributed by atoms with Crippen molar-refractivity contribution in [3.63, 3.8) is 0 Å². The fourth-order valence-corrected chi connectivity index (χ4v) is 2.57. The number of carbonyl (C=O) groups is 2. The zero-order valence-electron chi connectivity index (χ0n) is 15.6. The molecule has 3 aromatic carbocycles. The summed E-state index contributed by atoms with van der Waals surface area (Å²) in [7, 11) is 0. The molecule has 0 saturated heterocycles. The minimum absolute atomic E-state index is 0.0235. The summed E-state index contributed by atoms with van der Waals surface area (Å²) in [4.78, 5) is 23.7. The molecule has 0 aliphatic rings. The Morgan fingerprint density at radius 3 is 1.96 bits per heavy atom. The van der Waals surface area contributed by atoms with Gasteiger partial charge in [-0.25, -0.2) is 4.79 Å².